The molecule has 0 aromatic heterocycles. The van der Waals surface area contributed by atoms with E-state index < -0.39 is 10.0 Å². The Bertz CT molecular complexity index is 524. The lowest BCUT2D eigenvalue weighted by molar-refractivity contribution is -0.909. The largest absolute Gasteiger partial charge is 0.367 e. The molecule has 0 amide bonds. The first-order chi connectivity index (χ1) is 9.57. The number of ether oxygens (including phenoxy) is 1. The lowest BCUT2D eigenvalue weighted by Crippen LogP contribution is -2.44. The standard InChI is InChI=1S/C15H21ClNO2S/c1-17-7-3-5-13(17)9-14(10-17)19-11-12-4-2-6-15(8-12)20(16)18/h2,4,6,8,13-14H,3,5,7,9-11H2,1H3/q+1. The molecule has 2 aliphatic heterocycles. The van der Waals surface area contributed by atoms with Gasteiger partial charge in [-0.25, -0.2) is 4.21 Å². The lowest BCUT2D eigenvalue weighted by atomic mass is 10.1. The molecule has 0 bridgehead atoms. The number of hydrogen-bond acceptors (Lipinski definition) is 2. The summed E-state index contributed by atoms with van der Waals surface area (Å²) in [5.41, 5.74) is 1.05. The van der Waals surface area contributed by atoms with Gasteiger partial charge in [-0.05, 0) is 28.4 Å². The quantitative estimate of drug-likeness (QED) is 0.631. The molecule has 0 radical (unpaired) electrons. The topological polar surface area (TPSA) is 26.3 Å². The minimum absolute atomic E-state index is 0.357. The van der Waals surface area contributed by atoms with Crippen molar-refractivity contribution >= 4 is 20.7 Å². The van der Waals surface area contributed by atoms with E-state index in [-0.39, 0.29) is 0 Å². The summed E-state index contributed by atoms with van der Waals surface area (Å²) in [6.45, 7) is 3.01. The van der Waals surface area contributed by atoms with Gasteiger partial charge in [-0.2, -0.15) is 0 Å². The maximum absolute atomic E-state index is 11.3. The van der Waals surface area contributed by atoms with Crippen molar-refractivity contribution in [3.05, 3.63) is 29.8 Å². The van der Waals surface area contributed by atoms with Crippen molar-refractivity contribution in [2.45, 2.75) is 42.9 Å². The van der Waals surface area contributed by atoms with Crippen LogP contribution in [0.1, 0.15) is 24.8 Å². The normalized spacial score (nSPS) is 34.1. The van der Waals surface area contributed by atoms with Crippen LogP contribution in [0, 0.1) is 0 Å². The molecule has 0 spiro atoms. The fourth-order valence-corrected chi connectivity index (χ4v) is 4.43. The number of nitrogens with zero attached hydrogens (tertiary/aromatic N) is 1. The molecule has 110 valence electrons. The summed E-state index contributed by atoms with van der Waals surface area (Å²) in [6.07, 6.45) is 4.24. The maximum atomic E-state index is 11.3. The van der Waals surface area contributed by atoms with Crippen LogP contribution in [-0.2, 0) is 21.4 Å². The molecule has 3 nitrogen and oxygen atoms in total. The second kappa shape index (κ2) is 5.76. The SMILES string of the molecule is C[N+]12CCCC1CC(OCc1cccc(S(=O)Cl)c1)C2. The predicted molar refractivity (Wildman–Crippen MR) is 80.8 cm³/mol. The van der Waals surface area contributed by atoms with Gasteiger partial charge in [0.2, 0.25) is 0 Å². The summed E-state index contributed by atoms with van der Waals surface area (Å²) < 4.78 is 18.5. The Labute approximate surface area is 127 Å². The van der Waals surface area contributed by atoms with Gasteiger partial charge in [0.1, 0.15) is 22.7 Å². The van der Waals surface area contributed by atoms with Crippen LogP contribution in [-0.4, -0.2) is 41.0 Å². The third kappa shape index (κ3) is 2.93. The summed E-state index contributed by atoms with van der Waals surface area (Å²) in [7, 11) is 6.53. The van der Waals surface area contributed by atoms with E-state index in [0.717, 1.165) is 18.2 Å². The predicted octanol–water partition coefficient (Wildman–Crippen LogP) is 2.85. The van der Waals surface area contributed by atoms with Crippen LogP contribution in [0.25, 0.3) is 0 Å². The highest BCUT2D eigenvalue weighted by Gasteiger charge is 2.47. The van der Waals surface area contributed by atoms with Gasteiger partial charge in [-0.1, -0.05) is 12.1 Å². The van der Waals surface area contributed by atoms with Gasteiger partial charge in [0.05, 0.1) is 31.1 Å². The maximum Gasteiger partial charge on any atom is 0.147 e. The van der Waals surface area contributed by atoms with Crippen molar-refractivity contribution in [1.82, 2.24) is 0 Å². The zero-order valence-corrected chi connectivity index (χ0v) is 13.3. The van der Waals surface area contributed by atoms with E-state index in [1.54, 1.807) is 6.07 Å². The molecule has 3 rings (SSSR count). The number of likely N-dealkylation sites (N-methyl/N-ethyl adjacent to an activating group) is 1. The number of fused-ring (bicyclic) bond motifs is 1. The molecular weight excluding hydrogens is 294 g/mol. The molecule has 0 aliphatic carbocycles. The number of benzene rings is 1. The first kappa shape index (κ1) is 14.5. The number of quaternary nitrogens is 1. The molecule has 2 saturated heterocycles. The second-order valence-electron chi connectivity index (χ2n) is 6.22. The summed E-state index contributed by atoms with van der Waals surface area (Å²) in [4.78, 5) is 0.652. The average molecular weight is 315 g/mol. The smallest absolute Gasteiger partial charge is 0.147 e. The van der Waals surface area contributed by atoms with Gasteiger partial charge in [0.15, 0.2) is 0 Å². The lowest BCUT2D eigenvalue weighted by Gasteiger charge is -2.29. The molecule has 2 heterocycles. The Balaban J connectivity index is 1.58. The molecule has 2 aliphatic rings. The third-order valence-corrected chi connectivity index (χ3v) is 5.97. The molecule has 0 N–H and O–H groups in total. The van der Waals surface area contributed by atoms with Crippen LogP contribution >= 0.6 is 10.7 Å². The fourth-order valence-electron chi connectivity index (χ4n) is 3.71. The van der Waals surface area contributed by atoms with Crippen molar-refractivity contribution in [2.24, 2.45) is 0 Å². The molecule has 0 saturated carbocycles. The molecule has 20 heavy (non-hydrogen) atoms. The van der Waals surface area contributed by atoms with Crippen molar-refractivity contribution in [3.63, 3.8) is 0 Å². The van der Waals surface area contributed by atoms with Gasteiger partial charge in [-0.3, -0.25) is 0 Å². The van der Waals surface area contributed by atoms with Crippen LogP contribution < -0.4 is 0 Å². The monoisotopic (exact) mass is 314 g/mol. The van der Waals surface area contributed by atoms with Crippen molar-refractivity contribution in [2.75, 3.05) is 20.1 Å². The van der Waals surface area contributed by atoms with E-state index in [0.29, 0.717) is 17.6 Å². The third-order valence-electron chi connectivity index (χ3n) is 4.81. The number of rotatable bonds is 4. The molecule has 4 unspecified atom stereocenters. The molecule has 2 fully saturated rings. The zero-order chi connectivity index (χ0) is 14.2. The van der Waals surface area contributed by atoms with Gasteiger partial charge in [0, 0.05) is 19.3 Å². The molecule has 1 aromatic rings. The number of hydrogen-bond donors (Lipinski definition) is 0. The minimum atomic E-state index is -1.44. The van der Waals surface area contributed by atoms with E-state index in [1.807, 2.05) is 18.2 Å². The van der Waals surface area contributed by atoms with E-state index in [4.69, 9.17) is 15.4 Å². The summed E-state index contributed by atoms with van der Waals surface area (Å²) in [5, 5.41) is 0. The highest BCUT2D eigenvalue weighted by atomic mass is 35.7. The first-order valence-corrected chi connectivity index (χ1v) is 9.17. The van der Waals surface area contributed by atoms with Gasteiger partial charge in [-0.15, -0.1) is 0 Å². The van der Waals surface area contributed by atoms with E-state index >= 15 is 0 Å². The number of halogens is 1. The van der Waals surface area contributed by atoms with Crippen molar-refractivity contribution < 1.29 is 13.4 Å². The van der Waals surface area contributed by atoms with Crippen LogP contribution in [0.4, 0.5) is 0 Å². The van der Waals surface area contributed by atoms with Crippen LogP contribution in [0.5, 0.6) is 0 Å². The van der Waals surface area contributed by atoms with Crippen molar-refractivity contribution in [3.8, 4) is 0 Å². The Morgan fingerprint density at radius 1 is 1.50 bits per heavy atom. The van der Waals surface area contributed by atoms with Crippen LogP contribution in [0.3, 0.4) is 0 Å². The van der Waals surface area contributed by atoms with Gasteiger partial charge >= 0.3 is 0 Å². The van der Waals surface area contributed by atoms with Crippen molar-refractivity contribution in [1.29, 1.82) is 0 Å². The Morgan fingerprint density at radius 2 is 2.35 bits per heavy atom. The van der Waals surface area contributed by atoms with Crippen LogP contribution in [0.15, 0.2) is 29.2 Å². The second-order valence-corrected chi connectivity index (χ2v) is 7.98. The molecule has 1 aromatic carbocycles. The summed E-state index contributed by atoms with van der Waals surface area (Å²) in [5.74, 6) is 0. The Kier molecular flexibility index (Phi) is 4.18. The molecule has 5 heteroatoms. The Hall–Kier alpha value is -0.420. The fraction of sp³-hybridized carbons (Fsp3) is 0.600. The van der Waals surface area contributed by atoms with Gasteiger partial charge in [0.25, 0.3) is 0 Å². The highest BCUT2D eigenvalue weighted by Crippen LogP contribution is 2.35. The molecular formula is C15H21ClNO2S+. The molecule has 4 atom stereocenters. The van der Waals surface area contributed by atoms with E-state index in [2.05, 4.69) is 7.05 Å². The Morgan fingerprint density at radius 3 is 3.10 bits per heavy atom. The highest BCUT2D eigenvalue weighted by molar-refractivity contribution is 8.08. The minimum Gasteiger partial charge on any atom is -0.367 e. The average Bonchev–Trinajstić information content (AvgIpc) is 2.91. The summed E-state index contributed by atoms with van der Waals surface area (Å²) in [6, 6.07) is 8.33. The van der Waals surface area contributed by atoms with E-state index in [1.165, 1.54) is 30.3 Å². The van der Waals surface area contributed by atoms with Crippen LogP contribution in [0.2, 0.25) is 0 Å². The van der Waals surface area contributed by atoms with Gasteiger partial charge < -0.3 is 9.22 Å². The first-order valence-electron chi connectivity index (χ1n) is 7.20. The summed E-state index contributed by atoms with van der Waals surface area (Å²) >= 11 is 0. The zero-order valence-electron chi connectivity index (χ0n) is 11.8. The van der Waals surface area contributed by atoms with E-state index in [9.17, 15) is 4.21 Å².